The summed E-state index contributed by atoms with van der Waals surface area (Å²) in [6.45, 7) is 8.53. The Morgan fingerprint density at radius 2 is 0.600 bits per heavy atom. The van der Waals surface area contributed by atoms with Crippen molar-refractivity contribution >= 4 is 22.8 Å². The molecule has 0 saturated heterocycles. The predicted molar refractivity (Wildman–Crippen MR) is 172 cm³/mol. The average Bonchev–Trinajstić information content (AvgIpc) is 2.92. The zero-order valence-electron chi connectivity index (χ0n) is 24.1. The summed E-state index contributed by atoms with van der Waals surface area (Å²) in [6.07, 6.45) is 8.08. The maximum atomic E-state index is 4.83. The lowest BCUT2D eigenvalue weighted by Crippen LogP contribution is -1.95. The Labute approximate surface area is 239 Å². The highest BCUT2D eigenvalue weighted by atomic mass is 14.7. The van der Waals surface area contributed by atoms with Gasteiger partial charge in [-0.3, -0.25) is 9.98 Å². The SMILES string of the molecule is CC1=Nc2ccc(cc2)Cc2ccc(cc2)N=C(C)/C=C(/C)Cc2ccc(cc2)Cc2ccc(cc2)C/C(C)=C\1. The minimum absolute atomic E-state index is 0.890. The van der Waals surface area contributed by atoms with Crippen LogP contribution >= 0.6 is 0 Å². The van der Waals surface area contributed by atoms with Gasteiger partial charge < -0.3 is 0 Å². The molecule has 2 nitrogen and oxygen atoms in total. The van der Waals surface area contributed by atoms with E-state index in [0.717, 1.165) is 48.5 Å². The topological polar surface area (TPSA) is 24.7 Å². The monoisotopic (exact) mass is 522 g/mol. The van der Waals surface area contributed by atoms with Gasteiger partial charge in [-0.05, 0) is 123 Å². The molecule has 0 radical (unpaired) electrons. The van der Waals surface area contributed by atoms with E-state index in [9.17, 15) is 0 Å². The molecule has 0 amide bonds. The second kappa shape index (κ2) is 12.7. The number of rotatable bonds is 0. The van der Waals surface area contributed by atoms with E-state index in [1.54, 1.807) is 0 Å². The van der Waals surface area contributed by atoms with Crippen molar-refractivity contribution in [3.8, 4) is 0 Å². The fraction of sp³-hybridized carbons (Fsp3) is 0.211. The summed E-state index contributed by atoms with van der Waals surface area (Å²) in [7, 11) is 0. The first kappa shape index (κ1) is 27.3. The van der Waals surface area contributed by atoms with Crippen LogP contribution in [-0.4, -0.2) is 11.4 Å². The molecule has 0 N–H and O–H groups in total. The van der Waals surface area contributed by atoms with E-state index in [-0.39, 0.29) is 0 Å². The standard InChI is InChI=1S/C38H38N2/c1-27-21-29(3)39-37-17-13-35(14-18-37)26-36-15-19-38(20-16-36)40-30(4)22-28(2)24-32-7-11-34(12-8-32)25-33-9-5-31(23-27)6-10-33/h5-22H,23-26H2,1-4H3/b27-21-,28-22-,39-29?,40-30?. The molecule has 0 saturated carbocycles. The zero-order chi connectivity index (χ0) is 27.9. The highest BCUT2D eigenvalue weighted by Gasteiger charge is 2.03. The first-order chi connectivity index (χ1) is 19.4. The van der Waals surface area contributed by atoms with Gasteiger partial charge in [0.05, 0.1) is 11.4 Å². The Hall–Kier alpha value is -4.30. The molecule has 11 rings (SSSR count). The van der Waals surface area contributed by atoms with Gasteiger partial charge in [0.1, 0.15) is 0 Å². The number of benzene rings is 4. The molecule has 2 heteroatoms. The third-order valence-electron chi connectivity index (χ3n) is 7.22. The fourth-order valence-corrected chi connectivity index (χ4v) is 5.33. The van der Waals surface area contributed by atoms with Crippen molar-refractivity contribution < 1.29 is 0 Å². The van der Waals surface area contributed by atoms with Crippen LogP contribution in [0.1, 0.15) is 61.1 Å². The largest absolute Gasteiger partial charge is 0.254 e. The van der Waals surface area contributed by atoms with Crippen LogP contribution in [0.25, 0.3) is 0 Å². The second-order valence-electron chi connectivity index (χ2n) is 11.2. The Morgan fingerprint density at radius 1 is 0.350 bits per heavy atom. The van der Waals surface area contributed by atoms with Crippen molar-refractivity contribution in [2.75, 3.05) is 0 Å². The number of hydrogen-bond acceptors (Lipinski definition) is 2. The molecule has 0 unspecified atom stereocenters. The minimum Gasteiger partial charge on any atom is -0.254 e. The Kier molecular flexibility index (Phi) is 8.66. The molecule has 0 spiro atoms. The molecule has 4 aromatic rings. The summed E-state index contributed by atoms with van der Waals surface area (Å²) in [6, 6.07) is 35.2. The van der Waals surface area contributed by atoms with Gasteiger partial charge in [0, 0.05) is 11.4 Å². The van der Waals surface area contributed by atoms with Crippen molar-refractivity contribution in [3.63, 3.8) is 0 Å². The zero-order valence-corrected chi connectivity index (χ0v) is 24.1. The smallest absolute Gasteiger partial charge is 0.0633 e. The van der Waals surface area contributed by atoms with Crippen LogP contribution in [0, 0.1) is 0 Å². The normalized spacial score (nSPS) is 17.3. The molecule has 200 valence electrons. The molecular formula is C38H38N2. The molecule has 8 bridgehead atoms. The molecule has 7 heterocycles. The van der Waals surface area contributed by atoms with Crippen LogP contribution in [0.3, 0.4) is 0 Å². The molecule has 0 atom stereocenters. The van der Waals surface area contributed by atoms with Gasteiger partial charge in [0.15, 0.2) is 0 Å². The summed E-state index contributed by atoms with van der Waals surface area (Å²) in [5.74, 6) is 0. The molecular weight excluding hydrogens is 484 g/mol. The van der Waals surface area contributed by atoms with E-state index in [4.69, 9.17) is 9.98 Å². The van der Waals surface area contributed by atoms with E-state index in [0.29, 0.717) is 0 Å². The van der Waals surface area contributed by atoms with Gasteiger partial charge in [-0.1, -0.05) is 83.9 Å². The van der Waals surface area contributed by atoms with Crippen LogP contribution in [0.4, 0.5) is 11.4 Å². The van der Waals surface area contributed by atoms with Gasteiger partial charge in [0.2, 0.25) is 0 Å². The fourth-order valence-electron chi connectivity index (χ4n) is 5.33. The van der Waals surface area contributed by atoms with E-state index in [1.807, 2.05) is 0 Å². The Balaban J connectivity index is 1.43. The summed E-state index contributed by atoms with van der Waals surface area (Å²) in [5.41, 5.74) is 14.5. The van der Waals surface area contributed by atoms with Crippen LogP contribution in [0.2, 0.25) is 0 Å². The third kappa shape index (κ3) is 7.86. The summed E-state index contributed by atoms with van der Waals surface area (Å²) in [5, 5.41) is 0. The maximum Gasteiger partial charge on any atom is 0.0633 e. The number of allylic oxidation sites excluding steroid dienone is 4. The van der Waals surface area contributed by atoms with E-state index in [1.165, 1.54) is 44.5 Å². The second-order valence-corrected chi connectivity index (χ2v) is 11.2. The number of aliphatic imine (C=N–C) groups is 2. The van der Waals surface area contributed by atoms with Crippen LogP contribution < -0.4 is 0 Å². The van der Waals surface area contributed by atoms with Crippen molar-refractivity contribution in [1.82, 2.24) is 0 Å². The van der Waals surface area contributed by atoms with E-state index < -0.39 is 0 Å². The Morgan fingerprint density at radius 3 is 0.900 bits per heavy atom. The van der Waals surface area contributed by atoms with Crippen molar-refractivity contribution in [3.05, 3.63) is 154 Å². The highest BCUT2D eigenvalue weighted by Crippen LogP contribution is 2.21. The molecule has 4 aromatic carbocycles. The lowest BCUT2D eigenvalue weighted by atomic mass is 9.98. The number of hydrogen-bond donors (Lipinski definition) is 0. The van der Waals surface area contributed by atoms with Crippen molar-refractivity contribution in [2.45, 2.75) is 53.4 Å². The lowest BCUT2D eigenvalue weighted by molar-refractivity contribution is 1.11. The summed E-state index contributed by atoms with van der Waals surface area (Å²) < 4.78 is 0. The van der Waals surface area contributed by atoms with Crippen LogP contribution in [-0.2, 0) is 25.7 Å². The summed E-state index contributed by atoms with van der Waals surface area (Å²) >= 11 is 0. The highest BCUT2D eigenvalue weighted by molar-refractivity contribution is 5.95. The van der Waals surface area contributed by atoms with Gasteiger partial charge in [-0.25, -0.2) is 0 Å². The third-order valence-corrected chi connectivity index (χ3v) is 7.22. The molecule has 0 aromatic heterocycles. The summed E-state index contributed by atoms with van der Waals surface area (Å²) in [4.78, 5) is 9.67. The number of nitrogens with zero attached hydrogens (tertiary/aromatic N) is 2. The molecule has 0 fully saturated rings. The Bertz CT molecular complexity index is 1440. The van der Waals surface area contributed by atoms with Crippen molar-refractivity contribution in [2.24, 2.45) is 9.98 Å². The van der Waals surface area contributed by atoms with Gasteiger partial charge in [-0.15, -0.1) is 0 Å². The molecule has 7 aliphatic heterocycles. The molecule has 0 aliphatic carbocycles. The van der Waals surface area contributed by atoms with Crippen LogP contribution in [0.15, 0.2) is 130 Å². The average molecular weight is 523 g/mol. The first-order valence-electron chi connectivity index (χ1n) is 14.2. The lowest BCUT2D eigenvalue weighted by Gasteiger charge is -2.08. The van der Waals surface area contributed by atoms with E-state index >= 15 is 0 Å². The van der Waals surface area contributed by atoms with Gasteiger partial charge >= 0.3 is 0 Å². The molecule has 7 aliphatic rings. The van der Waals surface area contributed by atoms with Crippen LogP contribution in [0.5, 0.6) is 0 Å². The maximum absolute atomic E-state index is 4.83. The van der Waals surface area contributed by atoms with Gasteiger partial charge in [0.25, 0.3) is 0 Å². The first-order valence-corrected chi connectivity index (χ1v) is 14.2. The van der Waals surface area contributed by atoms with Crippen molar-refractivity contribution in [1.29, 1.82) is 0 Å². The van der Waals surface area contributed by atoms with E-state index in [2.05, 4.69) is 137 Å². The predicted octanol–water partition coefficient (Wildman–Crippen LogP) is 9.74. The van der Waals surface area contributed by atoms with Gasteiger partial charge in [-0.2, -0.15) is 0 Å². The quantitative estimate of drug-likeness (QED) is 0.220. The molecule has 40 heavy (non-hydrogen) atoms. The minimum atomic E-state index is 0.890.